The maximum absolute atomic E-state index is 13.1. The quantitative estimate of drug-likeness (QED) is 0.620. The molecule has 2 heterocycles. The normalized spacial score (nSPS) is 22.0. The van der Waals surface area contributed by atoms with Crippen LogP contribution in [0.5, 0.6) is 5.75 Å². The highest BCUT2D eigenvalue weighted by molar-refractivity contribution is 5.92. The van der Waals surface area contributed by atoms with Gasteiger partial charge in [-0.15, -0.1) is 0 Å². The Kier molecular flexibility index (Phi) is 5.55. The summed E-state index contributed by atoms with van der Waals surface area (Å²) in [5.74, 6) is 0.282. The Morgan fingerprint density at radius 1 is 1.36 bits per heavy atom. The van der Waals surface area contributed by atoms with E-state index in [9.17, 15) is 19.7 Å². The van der Waals surface area contributed by atoms with Crippen molar-refractivity contribution in [2.45, 2.75) is 51.4 Å². The van der Waals surface area contributed by atoms with Crippen molar-refractivity contribution in [2.75, 3.05) is 19.6 Å². The van der Waals surface area contributed by atoms with Gasteiger partial charge in [0, 0.05) is 37.3 Å². The average Bonchev–Trinajstić information content (AvgIpc) is 2.65. The maximum atomic E-state index is 13.1. The Morgan fingerprint density at radius 2 is 2.11 bits per heavy atom. The smallest absolute Gasteiger partial charge is 0.410 e. The number of carbonyl (C=O) groups is 2. The fourth-order valence-corrected chi connectivity index (χ4v) is 3.40. The number of amides is 1. The zero-order valence-corrected chi connectivity index (χ0v) is 16.3. The van der Waals surface area contributed by atoms with E-state index in [4.69, 9.17) is 9.47 Å². The molecule has 0 spiro atoms. The van der Waals surface area contributed by atoms with Crippen LogP contribution in [0.1, 0.15) is 32.8 Å². The molecule has 0 aromatic heterocycles. The largest absolute Gasteiger partial charge is 0.482 e. The van der Waals surface area contributed by atoms with Crippen LogP contribution in [0.15, 0.2) is 18.2 Å². The van der Waals surface area contributed by atoms with Gasteiger partial charge < -0.3 is 14.8 Å². The molecule has 1 amide bonds. The number of non-ortho nitro benzene ring substituents is 1. The summed E-state index contributed by atoms with van der Waals surface area (Å²) in [6.07, 6.45) is -0.311. The number of nitrogens with one attached hydrogen (secondary N) is 1. The van der Waals surface area contributed by atoms with E-state index in [1.807, 2.05) is 0 Å². The second kappa shape index (κ2) is 7.75. The molecule has 1 fully saturated rings. The number of ether oxygens (including phenoxy) is 2. The Balaban J connectivity index is 1.73. The van der Waals surface area contributed by atoms with Crippen LogP contribution in [0, 0.1) is 10.1 Å². The van der Waals surface area contributed by atoms with Gasteiger partial charge in [-0.05, 0) is 39.7 Å². The topological polar surface area (TPSA) is 111 Å². The Labute approximate surface area is 163 Å². The van der Waals surface area contributed by atoms with Gasteiger partial charge in [-0.1, -0.05) is 0 Å². The summed E-state index contributed by atoms with van der Waals surface area (Å²) in [5.41, 5.74) is 0.0635. The molecule has 0 aliphatic carbocycles. The first kappa shape index (κ1) is 20.1. The molecule has 0 saturated carbocycles. The lowest BCUT2D eigenvalue weighted by molar-refractivity contribution is -0.385. The molecule has 1 aromatic rings. The molecule has 2 unspecified atom stereocenters. The van der Waals surface area contributed by atoms with Gasteiger partial charge in [-0.2, -0.15) is 0 Å². The van der Waals surface area contributed by atoms with Crippen LogP contribution in [0.25, 0.3) is 0 Å². The molecule has 1 aromatic carbocycles. The Bertz CT molecular complexity index is 788. The van der Waals surface area contributed by atoms with Gasteiger partial charge in [0.2, 0.25) is 0 Å². The summed E-state index contributed by atoms with van der Waals surface area (Å²) >= 11 is 0. The van der Waals surface area contributed by atoms with Gasteiger partial charge >= 0.3 is 6.09 Å². The molecule has 28 heavy (non-hydrogen) atoms. The number of piperazine rings is 1. The van der Waals surface area contributed by atoms with Gasteiger partial charge in [0.25, 0.3) is 5.69 Å². The lowest BCUT2D eigenvalue weighted by atomic mass is 9.95. The minimum Gasteiger partial charge on any atom is -0.482 e. The SMILES string of the molecule is CC(C)(C)OC(=O)N1CCNCC1C(=O)C1CCc2cc([N+](=O)[O-])ccc2O1. The number of aryl methyl sites for hydroxylation is 1. The molecule has 9 nitrogen and oxygen atoms in total. The van der Waals surface area contributed by atoms with Gasteiger partial charge in [0.1, 0.15) is 17.4 Å². The standard InChI is InChI=1S/C19H25N3O6/c1-19(2,3)28-18(24)21-9-8-20-11-14(21)17(23)16-6-4-12-10-13(22(25)26)5-7-15(12)27-16/h5,7,10,14,16,20H,4,6,8-9,11H2,1-3H3. The summed E-state index contributed by atoms with van der Waals surface area (Å²) in [6, 6.07) is 3.69. The van der Waals surface area contributed by atoms with Crippen molar-refractivity contribution in [1.82, 2.24) is 10.2 Å². The molecule has 1 saturated heterocycles. The Morgan fingerprint density at radius 3 is 2.79 bits per heavy atom. The number of Topliss-reactive ketones (excluding diaryl/α,β-unsaturated/α-hetero) is 1. The van der Waals surface area contributed by atoms with Crippen LogP contribution < -0.4 is 10.1 Å². The van der Waals surface area contributed by atoms with E-state index in [-0.39, 0.29) is 11.5 Å². The van der Waals surface area contributed by atoms with Crippen molar-refractivity contribution in [2.24, 2.45) is 0 Å². The number of hydrogen-bond acceptors (Lipinski definition) is 7. The third kappa shape index (κ3) is 4.41. The predicted octanol–water partition coefficient (Wildman–Crippen LogP) is 2.07. The Hall–Kier alpha value is -2.68. The zero-order valence-electron chi connectivity index (χ0n) is 16.3. The number of nitro benzene ring substituents is 1. The maximum Gasteiger partial charge on any atom is 0.410 e. The van der Waals surface area contributed by atoms with Crippen LogP contribution in [0.2, 0.25) is 0 Å². The first-order valence-corrected chi connectivity index (χ1v) is 9.34. The highest BCUT2D eigenvalue weighted by Crippen LogP contribution is 2.32. The summed E-state index contributed by atoms with van der Waals surface area (Å²) < 4.78 is 11.3. The van der Waals surface area contributed by atoms with E-state index in [1.165, 1.54) is 23.1 Å². The van der Waals surface area contributed by atoms with Crippen molar-refractivity contribution in [3.63, 3.8) is 0 Å². The molecule has 1 N–H and O–H groups in total. The molecule has 2 aliphatic heterocycles. The highest BCUT2D eigenvalue weighted by Gasteiger charge is 2.39. The van der Waals surface area contributed by atoms with E-state index < -0.39 is 28.8 Å². The van der Waals surface area contributed by atoms with Gasteiger partial charge in [0.05, 0.1) is 4.92 Å². The molecule has 0 radical (unpaired) electrons. The van der Waals surface area contributed by atoms with E-state index in [0.29, 0.717) is 43.8 Å². The van der Waals surface area contributed by atoms with Crippen molar-refractivity contribution < 1.29 is 24.0 Å². The number of rotatable bonds is 3. The van der Waals surface area contributed by atoms with E-state index in [1.54, 1.807) is 20.8 Å². The molecule has 2 atom stereocenters. The third-order valence-corrected chi connectivity index (χ3v) is 4.72. The minimum atomic E-state index is -0.705. The van der Waals surface area contributed by atoms with Crippen LogP contribution in [0.3, 0.4) is 0 Å². The summed E-state index contributed by atoms with van der Waals surface area (Å²) in [4.78, 5) is 37.5. The van der Waals surface area contributed by atoms with Crippen molar-refractivity contribution in [1.29, 1.82) is 0 Å². The molecule has 3 rings (SSSR count). The number of hydrogen-bond donors (Lipinski definition) is 1. The predicted molar refractivity (Wildman–Crippen MR) is 100 cm³/mol. The fourth-order valence-electron chi connectivity index (χ4n) is 3.40. The number of nitrogens with zero attached hydrogens (tertiary/aromatic N) is 2. The first-order valence-electron chi connectivity index (χ1n) is 9.34. The number of nitro groups is 1. The van der Waals surface area contributed by atoms with Gasteiger partial charge in [-0.3, -0.25) is 19.8 Å². The summed E-state index contributed by atoms with van der Waals surface area (Å²) in [5, 5.41) is 14.1. The van der Waals surface area contributed by atoms with Crippen molar-refractivity contribution in [3.05, 3.63) is 33.9 Å². The lowest BCUT2D eigenvalue weighted by Crippen LogP contribution is -2.60. The fraction of sp³-hybridized carbons (Fsp3) is 0.579. The number of benzene rings is 1. The molecular weight excluding hydrogens is 366 g/mol. The number of carbonyl (C=O) groups excluding carboxylic acids is 2. The van der Waals surface area contributed by atoms with Crippen LogP contribution in [-0.4, -0.2) is 59.1 Å². The van der Waals surface area contributed by atoms with Crippen LogP contribution in [0.4, 0.5) is 10.5 Å². The third-order valence-electron chi connectivity index (χ3n) is 4.72. The molecule has 9 heteroatoms. The molecular formula is C19H25N3O6. The second-order valence-electron chi connectivity index (χ2n) is 7.99. The van der Waals surface area contributed by atoms with E-state index >= 15 is 0 Å². The van der Waals surface area contributed by atoms with E-state index in [0.717, 1.165) is 0 Å². The van der Waals surface area contributed by atoms with Gasteiger partial charge in [-0.25, -0.2) is 4.79 Å². The first-order chi connectivity index (χ1) is 13.2. The van der Waals surface area contributed by atoms with Crippen molar-refractivity contribution >= 4 is 17.6 Å². The van der Waals surface area contributed by atoms with Gasteiger partial charge in [0.15, 0.2) is 11.9 Å². The monoisotopic (exact) mass is 391 g/mol. The molecule has 2 aliphatic rings. The van der Waals surface area contributed by atoms with E-state index in [2.05, 4.69) is 5.32 Å². The molecule has 0 bridgehead atoms. The van der Waals surface area contributed by atoms with Crippen LogP contribution in [-0.2, 0) is 16.0 Å². The highest BCUT2D eigenvalue weighted by atomic mass is 16.6. The molecule has 152 valence electrons. The van der Waals surface area contributed by atoms with Crippen LogP contribution >= 0.6 is 0 Å². The summed E-state index contributed by atoms with van der Waals surface area (Å²) in [7, 11) is 0. The minimum absolute atomic E-state index is 0.000270. The number of ketones is 1. The lowest BCUT2D eigenvalue weighted by Gasteiger charge is -2.38. The van der Waals surface area contributed by atoms with Crippen molar-refractivity contribution in [3.8, 4) is 5.75 Å². The summed E-state index contributed by atoms with van der Waals surface area (Å²) in [6.45, 7) is 6.64. The second-order valence-corrected chi connectivity index (χ2v) is 7.99. The average molecular weight is 391 g/mol. The number of fused-ring (bicyclic) bond motifs is 1. The zero-order chi connectivity index (χ0) is 20.5.